The molecule has 3 heterocycles. The number of para-hydroxylation sites is 1. The normalized spacial score (nSPS) is 19.6. The van der Waals surface area contributed by atoms with Gasteiger partial charge in [-0.1, -0.05) is 18.2 Å². The smallest absolute Gasteiger partial charge is 0.255 e. The molecule has 0 bridgehead atoms. The van der Waals surface area contributed by atoms with E-state index < -0.39 is 5.60 Å². The van der Waals surface area contributed by atoms with Crippen LogP contribution in [-0.2, 0) is 9.53 Å². The minimum absolute atomic E-state index is 0.0248. The topological polar surface area (TPSA) is 75.6 Å². The quantitative estimate of drug-likeness (QED) is 0.819. The molecular formula is C19H20N4O3. The summed E-state index contributed by atoms with van der Waals surface area (Å²) in [4.78, 5) is 28.5. The first-order valence-electron chi connectivity index (χ1n) is 8.72. The monoisotopic (exact) mass is 352 g/mol. The van der Waals surface area contributed by atoms with Gasteiger partial charge in [-0.25, -0.2) is 0 Å². The number of anilines is 1. The number of aromatic nitrogens is 2. The first kappa shape index (κ1) is 16.7. The molecule has 1 aromatic carbocycles. The number of rotatable bonds is 2. The molecule has 134 valence electrons. The summed E-state index contributed by atoms with van der Waals surface area (Å²) in [7, 11) is 0. The molecule has 0 saturated carbocycles. The second-order valence-electron chi connectivity index (χ2n) is 6.71. The number of hydrogen-bond donors (Lipinski definition) is 0. The van der Waals surface area contributed by atoms with E-state index in [1.54, 1.807) is 11.0 Å². The molecule has 7 heteroatoms. The van der Waals surface area contributed by atoms with E-state index in [4.69, 9.17) is 4.74 Å². The Balaban J connectivity index is 1.45. The summed E-state index contributed by atoms with van der Waals surface area (Å²) in [6, 6.07) is 11.3. The van der Waals surface area contributed by atoms with Crippen LogP contribution in [0.25, 0.3) is 0 Å². The van der Waals surface area contributed by atoms with Gasteiger partial charge in [-0.05, 0) is 31.0 Å². The molecule has 1 aromatic heterocycles. The van der Waals surface area contributed by atoms with Gasteiger partial charge in [0.25, 0.3) is 11.8 Å². The Labute approximate surface area is 151 Å². The van der Waals surface area contributed by atoms with Crippen molar-refractivity contribution in [2.24, 2.45) is 0 Å². The van der Waals surface area contributed by atoms with Crippen molar-refractivity contribution in [1.29, 1.82) is 0 Å². The SMILES string of the molecule is O=C(c1ccnnc1)N1CCC2(CC1)CN(c1ccccc1)C(=O)CO2. The van der Waals surface area contributed by atoms with E-state index in [-0.39, 0.29) is 18.4 Å². The Morgan fingerprint density at radius 3 is 2.54 bits per heavy atom. The molecule has 1 spiro atoms. The van der Waals surface area contributed by atoms with E-state index in [1.165, 1.54) is 12.4 Å². The highest BCUT2D eigenvalue weighted by molar-refractivity contribution is 5.95. The fourth-order valence-electron chi connectivity index (χ4n) is 3.58. The molecule has 2 aliphatic rings. The number of carbonyl (C=O) groups excluding carboxylic acids is 2. The van der Waals surface area contributed by atoms with Crippen LogP contribution in [0.1, 0.15) is 23.2 Å². The van der Waals surface area contributed by atoms with Crippen molar-refractivity contribution < 1.29 is 14.3 Å². The van der Waals surface area contributed by atoms with Crippen molar-refractivity contribution in [3.05, 3.63) is 54.4 Å². The second-order valence-corrected chi connectivity index (χ2v) is 6.71. The van der Waals surface area contributed by atoms with Crippen LogP contribution in [0.15, 0.2) is 48.8 Å². The number of carbonyl (C=O) groups is 2. The number of amides is 2. The van der Waals surface area contributed by atoms with Crippen LogP contribution in [0.3, 0.4) is 0 Å². The van der Waals surface area contributed by atoms with Crippen molar-refractivity contribution >= 4 is 17.5 Å². The van der Waals surface area contributed by atoms with Gasteiger partial charge in [-0.2, -0.15) is 10.2 Å². The predicted molar refractivity (Wildman–Crippen MR) is 94.6 cm³/mol. The maximum Gasteiger partial charge on any atom is 0.255 e. The van der Waals surface area contributed by atoms with Crippen LogP contribution in [-0.4, -0.2) is 58.8 Å². The molecule has 2 amide bonds. The molecule has 26 heavy (non-hydrogen) atoms. The van der Waals surface area contributed by atoms with Gasteiger partial charge in [0.2, 0.25) is 0 Å². The summed E-state index contributed by atoms with van der Waals surface area (Å²) in [5.41, 5.74) is 1.04. The zero-order valence-corrected chi connectivity index (χ0v) is 14.4. The highest BCUT2D eigenvalue weighted by Crippen LogP contribution is 2.33. The van der Waals surface area contributed by atoms with Gasteiger partial charge in [-0.3, -0.25) is 9.59 Å². The molecule has 2 aliphatic heterocycles. The van der Waals surface area contributed by atoms with E-state index in [9.17, 15) is 9.59 Å². The number of hydrogen-bond acceptors (Lipinski definition) is 5. The lowest BCUT2D eigenvalue weighted by Gasteiger charge is -2.47. The van der Waals surface area contributed by atoms with E-state index in [1.807, 2.05) is 35.2 Å². The minimum atomic E-state index is -0.392. The first-order chi connectivity index (χ1) is 12.7. The van der Waals surface area contributed by atoms with Gasteiger partial charge in [0.05, 0.1) is 30.1 Å². The lowest BCUT2D eigenvalue weighted by molar-refractivity contribution is -0.143. The highest BCUT2D eigenvalue weighted by atomic mass is 16.5. The Hall–Kier alpha value is -2.80. The minimum Gasteiger partial charge on any atom is -0.363 e. The summed E-state index contributed by atoms with van der Waals surface area (Å²) >= 11 is 0. The molecule has 0 radical (unpaired) electrons. The Morgan fingerprint density at radius 2 is 1.85 bits per heavy atom. The van der Waals surface area contributed by atoms with E-state index in [0.29, 0.717) is 38.0 Å². The Kier molecular flexibility index (Phi) is 4.38. The number of nitrogens with zero attached hydrogens (tertiary/aromatic N) is 4. The van der Waals surface area contributed by atoms with Gasteiger partial charge in [0.15, 0.2) is 0 Å². The third-order valence-electron chi connectivity index (χ3n) is 5.11. The molecule has 2 saturated heterocycles. The first-order valence-corrected chi connectivity index (χ1v) is 8.72. The fraction of sp³-hybridized carbons (Fsp3) is 0.368. The van der Waals surface area contributed by atoms with Gasteiger partial charge >= 0.3 is 0 Å². The zero-order valence-electron chi connectivity index (χ0n) is 14.4. The van der Waals surface area contributed by atoms with E-state index >= 15 is 0 Å². The third kappa shape index (κ3) is 3.17. The summed E-state index contributed by atoms with van der Waals surface area (Å²) in [6.07, 6.45) is 4.41. The van der Waals surface area contributed by atoms with Crippen molar-refractivity contribution in [1.82, 2.24) is 15.1 Å². The maximum absolute atomic E-state index is 12.6. The van der Waals surface area contributed by atoms with Gasteiger partial charge < -0.3 is 14.5 Å². The number of likely N-dealkylation sites (tertiary alicyclic amines) is 1. The molecule has 4 rings (SSSR count). The predicted octanol–water partition coefficient (Wildman–Crippen LogP) is 1.51. The van der Waals surface area contributed by atoms with Crippen molar-refractivity contribution in [2.75, 3.05) is 31.1 Å². The summed E-state index contributed by atoms with van der Waals surface area (Å²) < 4.78 is 5.95. The third-order valence-corrected chi connectivity index (χ3v) is 5.11. The van der Waals surface area contributed by atoms with Crippen LogP contribution in [0.4, 0.5) is 5.69 Å². The fourth-order valence-corrected chi connectivity index (χ4v) is 3.58. The largest absolute Gasteiger partial charge is 0.363 e. The molecular weight excluding hydrogens is 332 g/mol. The highest BCUT2D eigenvalue weighted by Gasteiger charge is 2.43. The molecule has 7 nitrogen and oxygen atoms in total. The molecule has 2 aromatic rings. The van der Waals surface area contributed by atoms with Crippen LogP contribution in [0.5, 0.6) is 0 Å². The Bertz CT molecular complexity index is 789. The second kappa shape index (κ2) is 6.84. The lowest BCUT2D eigenvalue weighted by atomic mass is 9.88. The number of ether oxygens (including phenoxy) is 1. The summed E-state index contributed by atoms with van der Waals surface area (Å²) in [5.74, 6) is -0.0651. The maximum atomic E-state index is 12.6. The van der Waals surface area contributed by atoms with Crippen molar-refractivity contribution in [3.8, 4) is 0 Å². The van der Waals surface area contributed by atoms with Gasteiger partial charge in [0, 0.05) is 18.8 Å². The van der Waals surface area contributed by atoms with Crippen molar-refractivity contribution in [2.45, 2.75) is 18.4 Å². The number of morpholine rings is 1. The van der Waals surface area contributed by atoms with E-state index in [0.717, 1.165) is 5.69 Å². The standard InChI is InChI=1S/C19H20N4O3/c24-17-13-26-19(14-23(17)16-4-2-1-3-5-16)7-10-22(11-8-19)18(25)15-6-9-20-21-12-15/h1-6,9,12H,7-8,10-11,13-14H2. The average molecular weight is 352 g/mol. The number of benzene rings is 1. The molecule has 0 unspecified atom stereocenters. The van der Waals surface area contributed by atoms with Crippen LogP contribution in [0, 0.1) is 0 Å². The molecule has 0 N–H and O–H groups in total. The Morgan fingerprint density at radius 1 is 1.08 bits per heavy atom. The molecule has 0 aliphatic carbocycles. The summed E-state index contributed by atoms with van der Waals surface area (Å²) in [6.45, 7) is 1.79. The lowest BCUT2D eigenvalue weighted by Crippen LogP contribution is -2.59. The van der Waals surface area contributed by atoms with Gasteiger partial charge in [-0.15, -0.1) is 0 Å². The molecule has 0 atom stereocenters. The van der Waals surface area contributed by atoms with Crippen LogP contribution in [0.2, 0.25) is 0 Å². The van der Waals surface area contributed by atoms with Crippen molar-refractivity contribution in [3.63, 3.8) is 0 Å². The van der Waals surface area contributed by atoms with E-state index in [2.05, 4.69) is 10.2 Å². The summed E-state index contributed by atoms with van der Waals surface area (Å²) in [5, 5.41) is 7.48. The van der Waals surface area contributed by atoms with Gasteiger partial charge in [0.1, 0.15) is 6.61 Å². The zero-order chi connectivity index (χ0) is 18.0. The number of piperidine rings is 1. The van der Waals surface area contributed by atoms with Crippen LogP contribution >= 0.6 is 0 Å². The molecule has 2 fully saturated rings. The van der Waals surface area contributed by atoms with Crippen LogP contribution < -0.4 is 4.90 Å². The average Bonchev–Trinajstić information content (AvgIpc) is 2.71.